The minimum Gasteiger partial charge on any atom is -0.380 e. The van der Waals surface area contributed by atoms with Gasteiger partial charge in [0.05, 0.1) is 6.61 Å². The molecule has 1 fully saturated rings. The highest BCUT2D eigenvalue weighted by Crippen LogP contribution is 2.19. The lowest BCUT2D eigenvalue weighted by Crippen LogP contribution is -2.48. The maximum Gasteiger partial charge on any atom is 0.127 e. The molecule has 1 aliphatic rings. The highest BCUT2D eigenvalue weighted by atomic mass is 19.1. The summed E-state index contributed by atoms with van der Waals surface area (Å²) in [5, 5.41) is 3.25. The molecule has 17 heavy (non-hydrogen) atoms. The van der Waals surface area contributed by atoms with Crippen molar-refractivity contribution in [2.24, 2.45) is 0 Å². The number of hydrogen-bond donors (Lipinski definition) is 1. The van der Waals surface area contributed by atoms with Crippen molar-refractivity contribution in [1.29, 1.82) is 0 Å². The van der Waals surface area contributed by atoms with E-state index in [4.69, 9.17) is 4.74 Å². The van der Waals surface area contributed by atoms with Gasteiger partial charge in [0.2, 0.25) is 0 Å². The number of ether oxygens (including phenoxy) is 1. The maximum atomic E-state index is 13.4. The van der Waals surface area contributed by atoms with Crippen molar-refractivity contribution in [3.8, 4) is 0 Å². The molecule has 1 heterocycles. The first-order valence-corrected chi connectivity index (χ1v) is 5.86. The molecule has 0 bridgehead atoms. The van der Waals surface area contributed by atoms with E-state index < -0.39 is 5.82 Å². The Kier molecular flexibility index (Phi) is 3.74. The third-order valence-electron chi connectivity index (χ3n) is 3.15. The van der Waals surface area contributed by atoms with Crippen molar-refractivity contribution >= 4 is 0 Å². The van der Waals surface area contributed by atoms with Crippen LogP contribution in [0.3, 0.4) is 0 Å². The fourth-order valence-electron chi connectivity index (χ4n) is 2.06. The summed E-state index contributed by atoms with van der Waals surface area (Å²) in [6, 6.07) is 3.52. The Morgan fingerprint density at radius 1 is 1.41 bits per heavy atom. The molecule has 1 saturated heterocycles. The van der Waals surface area contributed by atoms with Crippen molar-refractivity contribution in [3.05, 3.63) is 35.4 Å². The van der Waals surface area contributed by atoms with Gasteiger partial charge in [0.1, 0.15) is 11.6 Å². The van der Waals surface area contributed by atoms with E-state index >= 15 is 0 Å². The van der Waals surface area contributed by atoms with Crippen LogP contribution < -0.4 is 5.32 Å². The fraction of sp³-hybridized carbons (Fsp3) is 0.538. The number of rotatable bonds is 3. The predicted molar refractivity (Wildman–Crippen MR) is 61.7 cm³/mol. The van der Waals surface area contributed by atoms with Gasteiger partial charge in [0, 0.05) is 24.3 Å². The summed E-state index contributed by atoms with van der Waals surface area (Å²) < 4.78 is 31.8. The lowest BCUT2D eigenvalue weighted by atomic mass is 9.94. The van der Waals surface area contributed by atoms with E-state index in [1.54, 1.807) is 0 Å². The SMILES string of the molecule is CC1(NCc2cc(F)ccc2F)CCCOC1. The Hall–Kier alpha value is -1.00. The van der Waals surface area contributed by atoms with Gasteiger partial charge in [-0.25, -0.2) is 8.78 Å². The lowest BCUT2D eigenvalue weighted by molar-refractivity contribution is 0.0276. The van der Waals surface area contributed by atoms with Gasteiger partial charge in [-0.3, -0.25) is 0 Å². The Bertz CT molecular complexity index is 389. The zero-order valence-electron chi connectivity index (χ0n) is 9.93. The molecular weight excluding hydrogens is 224 g/mol. The Labute approximate surface area is 100.0 Å². The molecular formula is C13H17F2NO. The van der Waals surface area contributed by atoms with E-state index in [1.165, 1.54) is 6.07 Å². The second-order valence-corrected chi connectivity index (χ2v) is 4.81. The van der Waals surface area contributed by atoms with Crippen LogP contribution in [-0.2, 0) is 11.3 Å². The van der Waals surface area contributed by atoms with Gasteiger partial charge in [-0.2, -0.15) is 0 Å². The highest BCUT2D eigenvalue weighted by molar-refractivity contribution is 5.18. The van der Waals surface area contributed by atoms with Crippen LogP contribution in [0.4, 0.5) is 8.78 Å². The van der Waals surface area contributed by atoms with Crippen LogP contribution in [0.2, 0.25) is 0 Å². The zero-order chi connectivity index (χ0) is 12.3. The van der Waals surface area contributed by atoms with E-state index in [2.05, 4.69) is 5.32 Å². The van der Waals surface area contributed by atoms with Crippen molar-refractivity contribution in [1.82, 2.24) is 5.32 Å². The van der Waals surface area contributed by atoms with Crippen LogP contribution in [0.25, 0.3) is 0 Å². The average Bonchev–Trinajstić information content (AvgIpc) is 2.31. The highest BCUT2D eigenvalue weighted by Gasteiger charge is 2.26. The first-order valence-electron chi connectivity index (χ1n) is 5.86. The number of hydrogen-bond acceptors (Lipinski definition) is 2. The number of nitrogens with one attached hydrogen (secondary N) is 1. The average molecular weight is 241 g/mol. The van der Waals surface area contributed by atoms with Crippen LogP contribution in [0.15, 0.2) is 18.2 Å². The first kappa shape index (κ1) is 12.5. The van der Waals surface area contributed by atoms with Gasteiger partial charge < -0.3 is 10.1 Å². The second-order valence-electron chi connectivity index (χ2n) is 4.81. The van der Waals surface area contributed by atoms with Crippen LogP contribution in [0, 0.1) is 11.6 Å². The third-order valence-corrected chi connectivity index (χ3v) is 3.15. The number of benzene rings is 1. The summed E-state index contributed by atoms with van der Waals surface area (Å²) in [6.45, 7) is 3.77. The Morgan fingerprint density at radius 3 is 2.94 bits per heavy atom. The molecule has 1 aromatic rings. The van der Waals surface area contributed by atoms with E-state index in [-0.39, 0.29) is 11.4 Å². The van der Waals surface area contributed by atoms with Crippen LogP contribution in [0.5, 0.6) is 0 Å². The molecule has 1 atom stereocenters. The molecule has 0 aromatic heterocycles. The van der Waals surface area contributed by atoms with Gasteiger partial charge in [-0.05, 0) is 38.0 Å². The third kappa shape index (κ3) is 3.23. The fourth-order valence-corrected chi connectivity index (χ4v) is 2.06. The van der Waals surface area contributed by atoms with Gasteiger partial charge >= 0.3 is 0 Å². The first-order chi connectivity index (χ1) is 8.09. The summed E-state index contributed by atoms with van der Waals surface area (Å²) in [5.74, 6) is -0.785. The molecule has 0 radical (unpaired) electrons. The van der Waals surface area contributed by atoms with Gasteiger partial charge in [0.25, 0.3) is 0 Å². The molecule has 0 saturated carbocycles. The molecule has 2 nitrogen and oxygen atoms in total. The number of halogens is 2. The predicted octanol–water partition coefficient (Wildman–Crippen LogP) is 2.62. The van der Waals surface area contributed by atoms with Crippen molar-refractivity contribution in [3.63, 3.8) is 0 Å². The Balaban J connectivity index is 1.99. The molecule has 94 valence electrons. The summed E-state index contributed by atoms with van der Waals surface area (Å²) >= 11 is 0. The molecule has 1 unspecified atom stereocenters. The van der Waals surface area contributed by atoms with Gasteiger partial charge in [-0.15, -0.1) is 0 Å². The van der Waals surface area contributed by atoms with E-state index in [1.807, 2.05) is 6.92 Å². The lowest BCUT2D eigenvalue weighted by Gasteiger charge is -2.34. The normalized spacial score (nSPS) is 24.9. The molecule has 0 aliphatic carbocycles. The standard InChI is InChI=1S/C13H17F2NO/c1-13(5-2-6-17-9-13)16-8-10-7-11(14)3-4-12(10)15/h3-4,7,16H,2,5-6,8-9H2,1H3. The van der Waals surface area contributed by atoms with Crippen molar-refractivity contribution < 1.29 is 13.5 Å². The van der Waals surface area contributed by atoms with Crippen LogP contribution >= 0.6 is 0 Å². The maximum absolute atomic E-state index is 13.4. The topological polar surface area (TPSA) is 21.3 Å². The molecule has 1 aromatic carbocycles. The largest absolute Gasteiger partial charge is 0.380 e. The van der Waals surface area contributed by atoms with Gasteiger partial charge in [-0.1, -0.05) is 0 Å². The van der Waals surface area contributed by atoms with Crippen LogP contribution in [0.1, 0.15) is 25.3 Å². The van der Waals surface area contributed by atoms with Gasteiger partial charge in [0.15, 0.2) is 0 Å². The van der Waals surface area contributed by atoms with E-state index in [9.17, 15) is 8.78 Å². The molecule has 0 spiro atoms. The summed E-state index contributed by atoms with van der Waals surface area (Å²) in [6.07, 6.45) is 1.99. The summed E-state index contributed by atoms with van der Waals surface area (Å²) in [4.78, 5) is 0. The van der Waals surface area contributed by atoms with Crippen molar-refractivity contribution in [2.45, 2.75) is 31.8 Å². The quantitative estimate of drug-likeness (QED) is 0.878. The van der Waals surface area contributed by atoms with E-state index in [0.29, 0.717) is 18.7 Å². The second kappa shape index (κ2) is 5.10. The molecule has 4 heteroatoms. The van der Waals surface area contributed by atoms with Crippen molar-refractivity contribution in [2.75, 3.05) is 13.2 Å². The summed E-state index contributed by atoms with van der Waals surface area (Å²) in [5.41, 5.74) is 0.216. The smallest absolute Gasteiger partial charge is 0.127 e. The molecule has 0 amide bonds. The minimum absolute atomic E-state index is 0.142. The Morgan fingerprint density at radius 2 is 2.24 bits per heavy atom. The molecule has 1 N–H and O–H groups in total. The minimum atomic E-state index is -0.409. The van der Waals surface area contributed by atoms with Crippen LogP contribution in [-0.4, -0.2) is 18.8 Å². The molecule has 1 aliphatic heterocycles. The zero-order valence-corrected chi connectivity index (χ0v) is 9.93. The molecule has 2 rings (SSSR count). The van der Waals surface area contributed by atoms with E-state index in [0.717, 1.165) is 31.6 Å². The summed E-state index contributed by atoms with van der Waals surface area (Å²) in [7, 11) is 0. The monoisotopic (exact) mass is 241 g/mol.